The van der Waals surface area contributed by atoms with Crippen LogP contribution in [0, 0.1) is 0 Å². The molecule has 1 aliphatic carbocycles. The number of sulfonamides is 1. The van der Waals surface area contributed by atoms with E-state index in [1.54, 1.807) is 18.2 Å². The smallest absolute Gasteiger partial charge is 0.308 e. The zero-order chi connectivity index (χ0) is 17.2. The highest BCUT2D eigenvalue weighted by molar-refractivity contribution is 7.90. The molecule has 1 atom stereocenters. The van der Waals surface area contributed by atoms with Crippen molar-refractivity contribution in [1.82, 2.24) is 4.72 Å². The Hall–Kier alpha value is -2.22. The summed E-state index contributed by atoms with van der Waals surface area (Å²) in [4.78, 5) is 27.8. The van der Waals surface area contributed by atoms with Crippen molar-refractivity contribution >= 4 is 27.6 Å². The van der Waals surface area contributed by atoms with Gasteiger partial charge in [0.2, 0.25) is 0 Å². The van der Waals surface area contributed by atoms with Gasteiger partial charge in [0.1, 0.15) is 5.84 Å². The van der Waals surface area contributed by atoms with Gasteiger partial charge in [-0.1, -0.05) is 12.1 Å². The lowest BCUT2D eigenvalue weighted by atomic mass is 9.96. The monoisotopic (exact) mass is 350 g/mol. The predicted octanol–water partition coefficient (Wildman–Crippen LogP) is 1.17. The molecule has 1 aromatic carbocycles. The Morgan fingerprint density at radius 2 is 2.08 bits per heavy atom. The van der Waals surface area contributed by atoms with Crippen LogP contribution in [0.5, 0.6) is 0 Å². The number of carbonyl (C=O) groups is 2. The van der Waals surface area contributed by atoms with Crippen molar-refractivity contribution in [1.29, 1.82) is 0 Å². The van der Waals surface area contributed by atoms with Gasteiger partial charge in [0, 0.05) is 12.0 Å². The number of Topliss-reactive ketones (excluding diaryl/α,β-unsaturated/α-hetero) is 1. The molecule has 0 amide bonds. The molecular formula is C16H18N2O5S. The van der Waals surface area contributed by atoms with Crippen LogP contribution in [0.4, 0.5) is 0 Å². The number of hydrogen-bond donors (Lipinski definition) is 1. The molecule has 0 spiro atoms. The number of fused-ring (bicyclic) bond motifs is 1. The van der Waals surface area contributed by atoms with Crippen LogP contribution in [0.1, 0.15) is 37.7 Å². The molecule has 1 N–H and O–H groups in total. The van der Waals surface area contributed by atoms with E-state index in [1.165, 1.54) is 6.07 Å². The normalized spacial score (nSPS) is 23.6. The highest BCUT2D eigenvalue weighted by atomic mass is 32.2. The van der Waals surface area contributed by atoms with E-state index in [-0.39, 0.29) is 29.5 Å². The van der Waals surface area contributed by atoms with Gasteiger partial charge in [-0.05, 0) is 31.4 Å². The van der Waals surface area contributed by atoms with Gasteiger partial charge in [-0.2, -0.15) is 0 Å². The number of ketones is 1. The first-order valence-electron chi connectivity index (χ1n) is 7.86. The van der Waals surface area contributed by atoms with Crippen molar-refractivity contribution in [2.75, 3.05) is 6.54 Å². The van der Waals surface area contributed by atoms with Crippen molar-refractivity contribution < 1.29 is 22.7 Å². The van der Waals surface area contributed by atoms with Crippen LogP contribution in [-0.4, -0.2) is 38.7 Å². The zero-order valence-electron chi connectivity index (χ0n) is 13.0. The summed E-state index contributed by atoms with van der Waals surface area (Å²) >= 11 is 0. The summed E-state index contributed by atoms with van der Waals surface area (Å²) in [7, 11) is -3.58. The molecule has 1 fully saturated rings. The van der Waals surface area contributed by atoms with E-state index in [1.807, 2.05) is 0 Å². The fourth-order valence-corrected chi connectivity index (χ4v) is 4.05. The molecule has 24 heavy (non-hydrogen) atoms. The maximum Gasteiger partial charge on any atom is 0.308 e. The number of ether oxygens (including phenoxy) is 1. The largest absolute Gasteiger partial charge is 0.454 e. The number of amidine groups is 1. The number of rotatable bonds is 4. The molecule has 1 heterocycles. The SMILES string of the molecule is O=C(CCN=C1NS(=O)(=O)c2ccccc21)O[C@@H]1CCCCC1=O. The summed E-state index contributed by atoms with van der Waals surface area (Å²) in [5.74, 6) is -0.292. The fourth-order valence-electron chi connectivity index (χ4n) is 2.80. The topological polar surface area (TPSA) is 102 Å². The van der Waals surface area contributed by atoms with Crippen LogP contribution in [0.3, 0.4) is 0 Å². The third-order valence-corrected chi connectivity index (χ3v) is 5.42. The Kier molecular flexibility index (Phi) is 4.66. The van der Waals surface area contributed by atoms with Crippen LogP contribution < -0.4 is 4.72 Å². The van der Waals surface area contributed by atoms with Crippen LogP contribution >= 0.6 is 0 Å². The van der Waals surface area contributed by atoms with Gasteiger partial charge < -0.3 is 4.74 Å². The van der Waals surface area contributed by atoms with Crippen molar-refractivity contribution in [3.8, 4) is 0 Å². The van der Waals surface area contributed by atoms with Crippen LogP contribution in [0.2, 0.25) is 0 Å². The average Bonchev–Trinajstić information content (AvgIpc) is 2.81. The highest BCUT2D eigenvalue weighted by Crippen LogP contribution is 2.22. The van der Waals surface area contributed by atoms with Gasteiger partial charge in [0.15, 0.2) is 11.9 Å². The highest BCUT2D eigenvalue weighted by Gasteiger charge is 2.30. The molecule has 0 bridgehead atoms. The Balaban J connectivity index is 1.59. The lowest BCUT2D eigenvalue weighted by Crippen LogP contribution is -2.30. The van der Waals surface area contributed by atoms with Gasteiger partial charge in [-0.15, -0.1) is 0 Å². The Morgan fingerprint density at radius 1 is 1.29 bits per heavy atom. The summed E-state index contributed by atoms with van der Waals surface area (Å²) < 4.78 is 31.4. The molecule has 1 aliphatic heterocycles. The predicted molar refractivity (Wildman–Crippen MR) is 86.1 cm³/mol. The molecule has 7 nitrogen and oxygen atoms in total. The van der Waals surface area contributed by atoms with Crippen LogP contribution in [0.15, 0.2) is 34.2 Å². The molecule has 1 aromatic rings. The first kappa shape index (κ1) is 16.6. The second-order valence-electron chi connectivity index (χ2n) is 5.77. The summed E-state index contributed by atoms with van der Waals surface area (Å²) in [5, 5.41) is 0. The number of carbonyl (C=O) groups excluding carboxylic acids is 2. The third-order valence-electron chi connectivity index (χ3n) is 4.02. The number of benzene rings is 1. The minimum Gasteiger partial charge on any atom is -0.454 e. The number of nitrogens with zero attached hydrogens (tertiary/aromatic N) is 1. The first-order chi connectivity index (χ1) is 11.5. The maximum atomic E-state index is 11.9. The van der Waals surface area contributed by atoms with Crippen LogP contribution in [-0.2, 0) is 24.3 Å². The van der Waals surface area contributed by atoms with Gasteiger partial charge >= 0.3 is 5.97 Å². The molecular weight excluding hydrogens is 332 g/mol. The minimum atomic E-state index is -3.58. The molecule has 0 unspecified atom stereocenters. The maximum absolute atomic E-state index is 11.9. The lowest BCUT2D eigenvalue weighted by molar-refractivity contribution is -0.156. The van der Waals surface area contributed by atoms with Gasteiger partial charge in [-0.25, -0.2) is 8.42 Å². The molecule has 0 saturated heterocycles. The van der Waals surface area contributed by atoms with E-state index in [9.17, 15) is 18.0 Å². The van der Waals surface area contributed by atoms with Crippen molar-refractivity contribution in [2.24, 2.45) is 4.99 Å². The van der Waals surface area contributed by atoms with Crippen LogP contribution in [0.25, 0.3) is 0 Å². The minimum absolute atomic E-state index is 0.00280. The van der Waals surface area contributed by atoms with E-state index in [4.69, 9.17) is 4.74 Å². The first-order valence-corrected chi connectivity index (χ1v) is 9.34. The fraction of sp³-hybridized carbons (Fsp3) is 0.438. The van der Waals surface area contributed by atoms with Crippen molar-refractivity contribution in [2.45, 2.75) is 43.1 Å². The molecule has 8 heteroatoms. The average molecular weight is 350 g/mol. The molecule has 0 radical (unpaired) electrons. The summed E-state index contributed by atoms with van der Waals surface area (Å²) in [6, 6.07) is 6.52. The van der Waals surface area contributed by atoms with Gasteiger partial charge in [-0.3, -0.25) is 19.3 Å². The summed E-state index contributed by atoms with van der Waals surface area (Å²) in [6.07, 6.45) is 2.12. The number of hydrogen-bond acceptors (Lipinski definition) is 6. The van der Waals surface area contributed by atoms with Crippen molar-refractivity contribution in [3.05, 3.63) is 29.8 Å². The summed E-state index contributed by atoms with van der Waals surface area (Å²) in [5.41, 5.74) is 0.494. The molecule has 3 rings (SSSR count). The van der Waals surface area contributed by atoms with E-state index < -0.39 is 22.1 Å². The second kappa shape index (κ2) is 6.72. The summed E-state index contributed by atoms with van der Waals surface area (Å²) in [6.45, 7) is 0.0892. The van der Waals surface area contributed by atoms with Gasteiger partial charge in [0.25, 0.3) is 10.0 Å². The van der Waals surface area contributed by atoms with E-state index in [0.717, 1.165) is 12.8 Å². The van der Waals surface area contributed by atoms with Crippen molar-refractivity contribution in [3.63, 3.8) is 0 Å². The molecule has 2 aliphatic rings. The molecule has 1 saturated carbocycles. The lowest BCUT2D eigenvalue weighted by Gasteiger charge is -2.20. The number of esters is 1. The third kappa shape index (κ3) is 3.48. The molecule has 0 aromatic heterocycles. The van der Waals surface area contributed by atoms with E-state index in [0.29, 0.717) is 18.4 Å². The number of aliphatic imine (C=N–C) groups is 1. The second-order valence-corrected chi connectivity index (χ2v) is 7.42. The molecule has 128 valence electrons. The zero-order valence-corrected chi connectivity index (χ0v) is 13.8. The standard InChI is InChI=1S/C16H18N2O5S/c19-12-6-2-3-7-13(12)23-15(20)9-10-17-16-11-5-1-4-8-14(11)24(21,22)18-16/h1,4-5,8,13H,2-3,6-7,9-10H2,(H,17,18)/t13-/m1/s1. The Morgan fingerprint density at radius 3 is 2.88 bits per heavy atom. The van der Waals surface area contributed by atoms with E-state index >= 15 is 0 Å². The quantitative estimate of drug-likeness (QED) is 0.821. The Bertz CT molecular complexity index is 800. The van der Waals surface area contributed by atoms with Gasteiger partial charge in [0.05, 0.1) is 17.9 Å². The Labute approximate surface area is 140 Å². The van der Waals surface area contributed by atoms with E-state index in [2.05, 4.69) is 9.71 Å². The number of nitrogens with one attached hydrogen (secondary N) is 1.